The van der Waals surface area contributed by atoms with Gasteiger partial charge in [0, 0.05) is 36.1 Å². The molecule has 4 heterocycles. The molecule has 0 amide bonds. The summed E-state index contributed by atoms with van der Waals surface area (Å²) in [5.41, 5.74) is 0.633. The number of ether oxygens (including phenoxy) is 1. The van der Waals surface area contributed by atoms with Crippen LogP contribution in [-0.4, -0.2) is 47.3 Å². The first kappa shape index (κ1) is 16.5. The molecule has 1 saturated carbocycles. The van der Waals surface area contributed by atoms with Gasteiger partial charge in [-0.15, -0.1) is 0 Å². The average molecular weight is 417 g/mol. The third-order valence-corrected chi connectivity index (χ3v) is 6.88. The van der Waals surface area contributed by atoms with Crippen molar-refractivity contribution >= 4 is 32.7 Å². The van der Waals surface area contributed by atoms with Crippen LogP contribution in [0.15, 0.2) is 21.2 Å². The maximum absolute atomic E-state index is 9.01. The zero-order valence-electron chi connectivity index (χ0n) is 14.4. The van der Waals surface area contributed by atoms with Gasteiger partial charge in [0.05, 0.1) is 23.4 Å². The number of halogens is 1. The number of furan rings is 1. The number of pyridine rings is 1. The van der Waals surface area contributed by atoms with E-state index in [2.05, 4.69) is 31.1 Å². The van der Waals surface area contributed by atoms with Gasteiger partial charge < -0.3 is 14.5 Å². The zero-order valence-corrected chi connectivity index (χ0v) is 16.0. The highest BCUT2D eigenvalue weighted by Gasteiger charge is 2.42. The summed E-state index contributed by atoms with van der Waals surface area (Å²) in [5, 5.41) is 13.5. The van der Waals surface area contributed by atoms with Crippen LogP contribution in [0.1, 0.15) is 37.9 Å². The molecule has 0 spiro atoms. The second kappa shape index (κ2) is 6.52. The fraction of sp³-hybridized carbons (Fsp3) is 0.579. The van der Waals surface area contributed by atoms with E-state index in [-0.39, 0.29) is 0 Å². The van der Waals surface area contributed by atoms with Crippen LogP contribution in [0.3, 0.4) is 0 Å². The first-order valence-corrected chi connectivity index (χ1v) is 10.1. The normalized spacial score (nSPS) is 31.4. The van der Waals surface area contributed by atoms with Crippen LogP contribution >= 0.6 is 15.9 Å². The van der Waals surface area contributed by atoms with Crippen molar-refractivity contribution in [3.05, 3.63) is 22.5 Å². The number of hydrogen-bond donors (Lipinski definition) is 1. The summed E-state index contributed by atoms with van der Waals surface area (Å²) >= 11 is 3.62. The Kier molecular flexibility index (Phi) is 4.15. The molecule has 0 unspecified atom stereocenters. The van der Waals surface area contributed by atoms with Crippen LogP contribution in [0.2, 0.25) is 0 Å². The lowest BCUT2D eigenvalue weighted by molar-refractivity contribution is 0.00330. The van der Waals surface area contributed by atoms with Crippen molar-refractivity contribution in [1.29, 1.82) is 5.26 Å². The van der Waals surface area contributed by atoms with Crippen molar-refractivity contribution in [2.75, 3.05) is 18.5 Å². The monoisotopic (exact) mass is 416 g/mol. The molecule has 3 aliphatic rings. The van der Waals surface area contributed by atoms with Crippen molar-refractivity contribution in [2.24, 2.45) is 0 Å². The molecule has 26 heavy (non-hydrogen) atoms. The number of rotatable bonds is 3. The minimum atomic E-state index is 0.309. The number of nitriles is 1. The molecular weight excluding hydrogens is 396 g/mol. The maximum atomic E-state index is 9.01. The second-order valence-corrected chi connectivity index (χ2v) is 8.41. The lowest BCUT2D eigenvalue weighted by Gasteiger charge is -2.39. The molecule has 1 aliphatic carbocycles. The largest absolute Gasteiger partial charge is 0.444 e. The summed E-state index contributed by atoms with van der Waals surface area (Å²) in [4.78, 5) is 7.18. The van der Waals surface area contributed by atoms with Crippen LogP contribution < -0.4 is 5.32 Å². The van der Waals surface area contributed by atoms with Crippen molar-refractivity contribution in [1.82, 2.24) is 9.88 Å². The summed E-state index contributed by atoms with van der Waals surface area (Å²) in [6.07, 6.45) is 8.16. The van der Waals surface area contributed by atoms with Gasteiger partial charge in [-0.2, -0.15) is 5.26 Å². The Bertz CT molecular complexity index is 868. The maximum Gasteiger partial charge on any atom is 0.204 e. The molecule has 7 heteroatoms. The highest BCUT2D eigenvalue weighted by Crippen LogP contribution is 2.36. The summed E-state index contributed by atoms with van der Waals surface area (Å²) in [6, 6.07) is 5.59. The molecule has 3 fully saturated rings. The number of nitrogens with one attached hydrogen (secondary N) is 1. The minimum absolute atomic E-state index is 0.309. The standard InChI is InChI=1S/C19H21BrN4O2/c20-18-16-6-14(7-21)26-17(16)8-22-19(18)23-11-1-3-12(4-2-11)24-9-15-5-13(24)10-25-15/h6,8,11-13,15H,1-5,9-10H2,(H,22,23)/t11?,12?,13-,15-/m1/s1. The smallest absolute Gasteiger partial charge is 0.204 e. The lowest BCUT2D eigenvalue weighted by atomic mass is 9.89. The predicted octanol–water partition coefficient (Wildman–Crippen LogP) is 3.66. The molecule has 2 atom stereocenters. The highest BCUT2D eigenvalue weighted by molar-refractivity contribution is 9.10. The minimum Gasteiger partial charge on any atom is -0.444 e. The molecule has 6 nitrogen and oxygen atoms in total. The molecule has 1 N–H and O–H groups in total. The van der Waals surface area contributed by atoms with E-state index in [1.165, 1.54) is 19.3 Å². The first-order chi connectivity index (χ1) is 12.7. The van der Waals surface area contributed by atoms with Crippen LogP contribution in [0.5, 0.6) is 0 Å². The lowest BCUT2D eigenvalue weighted by Crippen LogP contribution is -2.46. The first-order valence-electron chi connectivity index (χ1n) is 9.33. The topological polar surface area (TPSA) is 74.3 Å². The molecule has 0 radical (unpaired) electrons. The predicted molar refractivity (Wildman–Crippen MR) is 101 cm³/mol. The van der Waals surface area contributed by atoms with Gasteiger partial charge in [-0.3, -0.25) is 4.90 Å². The fourth-order valence-corrected chi connectivity index (χ4v) is 5.28. The quantitative estimate of drug-likeness (QED) is 0.822. The number of fused-ring (bicyclic) bond motifs is 3. The fourth-order valence-electron chi connectivity index (χ4n) is 4.76. The van der Waals surface area contributed by atoms with Gasteiger partial charge in [0.25, 0.3) is 0 Å². The van der Waals surface area contributed by atoms with Crippen molar-refractivity contribution < 1.29 is 9.15 Å². The van der Waals surface area contributed by atoms with Crippen LogP contribution in [0.25, 0.3) is 11.0 Å². The zero-order chi connectivity index (χ0) is 17.7. The Morgan fingerprint density at radius 1 is 1.27 bits per heavy atom. The molecule has 2 aromatic rings. The third-order valence-electron chi connectivity index (χ3n) is 6.08. The number of nitrogens with zero attached hydrogens (tertiary/aromatic N) is 3. The van der Waals surface area contributed by atoms with Crippen molar-refractivity contribution in [2.45, 2.75) is 56.3 Å². The van der Waals surface area contributed by atoms with E-state index in [1.807, 2.05) is 6.07 Å². The van der Waals surface area contributed by atoms with E-state index in [9.17, 15) is 0 Å². The van der Waals surface area contributed by atoms with E-state index < -0.39 is 0 Å². The molecule has 2 aromatic heterocycles. The molecule has 5 rings (SSSR count). The van der Waals surface area contributed by atoms with E-state index in [0.717, 1.165) is 41.7 Å². The van der Waals surface area contributed by atoms with E-state index in [4.69, 9.17) is 14.4 Å². The number of anilines is 1. The van der Waals surface area contributed by atoms with E-state index in [0.29, 0.717) is 35.6 Å². The molecule has 136 valence electrons. The molecule has 2 bridgehead atoms. The van der Waals surface area contributed by atoms with Gasteiger partial charge in [-0.1, -0.05) is 0 Å². The van der Waals surface area contributed by atoms with Gasteiger partial charge in [-0.05, 0) is 48.0 Å². The Morgan fingerprint density at radius 2 is 2.12 bits per heavy atom. The van der Waals surface area contributed by atoms with Crippen LogP contribution in [0, 0.1) is 11.3 Å². The van der Waals surface area contributed by atoms with Crippen LogP contribution in [-0.2, 0) is 4.74 Å². The number of aromatic nitrogens is 1. The van der Waals surface area contributed by atoms with Gasteiger partial charge in [-0.25, -0.2) is 4.98 Å². The Balaban J connectivity index is 1.24. The van der Waals surface area contributed by atoms with E-state index in [1.54, 1.807) is 12.3 Å². The number of morpholine rings is 1. The van der Waals surface area contributed by atoms with Crippen molar-refractivity contribution in [3.8, 4) is 6.07 Å². The molecule has 2 saturated heterocycles. The highest BCUT2D eigenvalue weighted by atomic mass is 79.9. The van der Waals surface area contributed by atoms with Gasteiger partial charge in [0.15, 0.2) is 5.58 Å². The SMILES string of the molecule is N#Cc1cc2c(Br)c(NC3CCC(N4C[C@H]5C[C@@H]4CO5)CC3)ncc2o1. The second-order valence-electron chi connectivity index (χ2n) is 7.61. The molecule has 2 aliphatic heterocycles. The van der Waals surface area contributed by atoms with Crippen LogP contribution in [0.4, 0.5) is 5.82 Å². The Labute approximate surface area is 160 Å². The van der Waals surface area contributed by atoms with E-state index >= 15 is 0 Å². The Hall–Kier alpha value is -1.62. The molecular formula is C19H21BrN4O2. The summed E-state index contributed by atoms with van der Waals surface area (Å²) in [6.45, 7) is 2.05. The van der Waals surface area contributed by atoms with Gasteiger partial charge >= 0.3 is 0 Å². The summed E-state index contributed by atoms with van der Waals surface area (Å²) in [5.74, 6) is 1.14. The van der Waals surface area contributed by atoms with Gasteiger partial charge in [0.1, 0.15) is 11.9 Å². The average Bonchev–Trinajstić information content (AvgIpc) is 3.39. The van der Waals surface area contributed by atoms with Gasteiger partial charge in [0.2, 0.25) is 5.76 Å². The van der Waals surface area contributed by atoms with Crippen molar-refractivity contribution in [3.63, 3.8) is 0 Å². The Morgan fingerprint density at radius 3 is 2.81 bits per heavy atom. The summed E-state index contributed by atoms with van der Waals surface area (Å²) < 4.78 is 12.0. The summed E-state index contributed by atoms with van der Waals surface area (Å²) in [7, 11) is 0. The number of hydrogen-bond acceptors (Lipinski definition) is 6. The third kappa shape index (κ3) is 2.81. The molecule has 0 aromatic carbocycles. The number of likely N-dealkylation sites (tertiary alicyclic amines) is 1.